The maximum atomic E-state index is 14.6. The lowest BCUT2D eigenvalue weighted by Gasteiger charge is -2.20. The van der Waals surface area contributed by atoms with E-state index in [-0.39, 0.29) is 70.8 Å². The minimum atomic E-state index is -0.628. The van der Waals surface area contributed by atoms with Crippen molar-refractivity contribution in [2.45, 2.75) is 83.5 Å². The van der Waals surface area contributed by atoms with E-state index in [1.807, 2.05) is 189 Å². The van der Waals surface area contributed by atoms with Crippen molar-refractivity contribution in [1.29, 1.82) is 0 Å². The molecule has 0 bridgehead atoms. The third-order valence-corrected chi connectivity index (χ3v) is 27.9. The molecule has 21 aromatic rings. The average molecular weight is 1950 g/mol. The Bertz CT molecular complexity index is 8360. The molecule has 24 rings (SSSR count). The van der Waals surface area contributed by atoms with Crippen molar-refractivity contribution in [3.8, 4) is 54.9 Å². The normalized spacial score (nSPS) is 13.7. The summed E-state index contributed by atoms with van der Waals surface area (Å²) in [6.07, 6.45) is 7.49. The molecule has 718 valence electrons. The van der Waals surface area contributed by atoms with Crippen LogP contribution in [-0.2, 0) is 16.1 Å². The van der Waals surface area contributed by atoms with Crippen LogP contribution >= 0.6 is 22.7 Å². The Kier molecular flexibility index (Phi) is 27.4. The number of nitrogens with zero attached hydrogens (tertiary/aromatic N) is 6. The molecule has 32 heteroatoms. The van der Waals surface area contributed by atoms with Crippen LogP contribution in [0.5, 0.6) is 0 Å². The number of fused-ring (bicyclic) bond motifs is 10. The molecule has 2 aliphatic heterocycles. The van der Waals surface area contributed by atoms with Gasteiger partial charge in [-0.05, 0) is 172 Å². The van der Waals surface area contributed by atoms with Gasteiger partial charge >= 0.3 is 0 Å². The topological polar surface area (TPSA) is 352 Å². The minimum absolute atomic E-state index is 0.00601. The summed E-state index contributed by atoms with van der Waals surface area (Å²) in [6.45, 7) is 6.63. The molecule has 2 saturated heterocycles. The van der Waals surface area contributed by atoms with E-state index in [4.69, 9.17) is 9.15 Å². The Labute approximate surface area is 821 Å². The number of halogens is 5. The molecule has 3 aliphatic rings. The number of aromatic nitrogens is 10. The highest BCUT2D eigenvalue weighted by Crippen LogP contribution is 2.41. The third kappa shape index (κ3) is 20.7. The van der Waals surface area contributed by atoms with Crippen LogP contribution < -0.4 is 26.6 Å². The second-order valence-corrected chi connectivity index (χ2v) is 37.9. The minimum Gasteiger partial charge on any atom is -0.467 e. The van der Waals surface area contributed by atoms with Crippen LogP contribution in [0.1, 0.15) is 116 Å². The zero-order chi connectivity index (χ0) is 98.5. The van der Waals surface area contributed by atoms with Gasteiger partial charge in [-0.15, -0.1) is 22.7 Å². The summed E-state index contributed by atoms with van der Waals surface area (Å²) < 4.78 is 85.6. The van der Waals surface area contributed by atoms with E-state index in [0.29, 0.717) is 122 Å². The van der Waals surface area contributed by atoms with Gasteiger partial charge in [-0.2, -0.15) is 25.5 Å². The molecule has 143 heavy (non-hydrogen) atoms. The number of amides is 6. The number of furan rings is 1. The van der Waals surface area contributed by atoms with Crippen molar-refractivity contribution in [3.63, 3.8) is 0 Å². The number of likely N-dealkylation sites (tertiary alicyclic amines) is 1. The number of carbonyl (C=O) groups is 6. The van der Waals surface area contributed by atoms with E-state index in [0.717, 1.165) is 123 Å². The molecular weight excluding hydrogens is 1860 g/mol. The Balaban J connectivity index is 0.000000109. The molecule has 3 fully saturated rings. The average Bonchev–Trinajstić information content (AvgIpc) is 1.62. The van der Waals surface area contributed by atoms with Crippen molar-refractivity contribution < 1.29 is 65.0 Å². The van der Waals surface area contributed by atoms with E-state index < -0.39 is 58.8 Å². The first-order chi connectivity index (χ1) is 69.6. The molecule has 0 radical (unpaired) electrons. The van der Waals surface area contributed by atoms with Crippen LogP contribution in [0.2, 0.25) is 0 Å². The van der Waals surface area contributed by atoms with Crippen LogP contribution in [0.3, 0.4) is 0 Å². The quantitative estimate of drug-likeness (QED) is 0.0222. The van der Waals surface area contributed by atoms with Crippen LogP contribution in [0.4, 0.5) is 22.0 Å². The van der Waals surface area contributed by atoms with Gasteiger partial charge in [-0.1, -0.05) is 159 Å². The summed E-state index contributed by atoms with van der Waals surface area (Å²) in [6, 6.07) is 80.1. The SMILES string of the molecule is CC(C)[C@@H](CO)NC(=O)c1cc2c(-c3cc4ccccc4s3)n[nH]c2cc1F.O=C(NC1CC1)c1cc2c(-c3ccc4ccccc4c3)n[nH]c2cc1F.O=C(NCCCN1CCCC1=O)c1cc2c(-c3cc4ccccc4s3)n[nH]c2cc1F.O=C(NC[C@H]1CCCO1)c1cc2c(-c3ccc4ccccc4c3)n[nH]c2cc1F.O=C(NCc1ccco1)c1cc2c(-c3ccc4ccccc4c3)n[nH]c2cc1F. The van der Waals surface area contributed by atoms with E-state index in [1.54, 1.807) is 53.0 Å². The first kappa shape index (κ1) is 94.2. The van der Waals surface area contributed by atoms with E-state index in [1.165, 1.54) is 48.7 Å². The molecular formula is C111H93F5N16O9S2. The number of benzene rings is 13. The van der Waals surface area contributed by atoms with Crippen LogP contribution in [0.15, 0.2) is 272 Å². The highest BCUT2D eigenvalue weighted by molar-refractivity contribution is 7.22. The van der Waals surface area contributed by atoms with Gasteiger partial charge in [0.05, 0.1) is 114 Å². The summed E-state index contributed by atoms with van der Waals surface area (Å²) in [7, 11) is 0. The second-order valence-electron chi connectivity index (χ2n) is 35.7. The number of hydrogen-bond donors (Lipinski definition) is 11. The van der Waals surface area contributed by atoms with Crippen LogP contribution in [0.25, 0.3) is 162 Å². The van der Waals surface area contributed by atoms with E-state index >= 15 is 0 Å². The highest BCUT2D eigenvalue weighted by Gasteiger charge is 2.30. The third-order valence-electron chi connectivity index (χ3n) is 25.7. The number of aromatic amines is 5. The number of carbonyl (C=O) groups excluding carboxylic acids is 6. The molecule has 1 aliphatic carbocycles. The van der Waals surface area contributed by atoms with Crippen molar-refractivity contribution >= 4 is 165 Å². The summed E-state index contributed by atoms with van der Waals surface area (Å²) >= 11 is 3.20. The number of thiophene rings is 2. The summed E-state index contributed by atoms with van der Waals surface area (Å²) in [5.41, 5.74) is 8.93. The van der Waals surface area contributed by atoms with Crippen molar-refractivity contribution in [2.24, 2.45) is 5.92 Å². The number of H-pyrrole nitrogens is 5. The molecule has 13 aromatic carbocycles. The molecule has 2 atom stereocenters. The highest BCUT2D eigenvalue weighted by atomic mass is 32.1. The standard InChI is InChI=1S/C23H21FN4O2S.C23H20FN3O2.C23H16FN3O2.C21H20FN3O2S.C21H16FN3O/c24-17-13-18-16(22(27-26-18)20-11-14-5-1-2-6-19(14)31-20)12-15(17)23(30)25-8-4-10-28-9-3-7-21(28)29;2*24-20-12-21-19(11-18(20)23(28)25-13-17-6-3-9-29-17)22(27-26-21)16-8-7-14-4-1-2-5-15(14)10-16;1-11(2)17(10-26)23-21(27)13-8-14-16(9-15(13)22)24-25-20(14)19-7-12-5-3-4-6-18(12)28-19;22-18-11-19-17(10-16(18)21(26)23-15-7-8-15)20(25-24-19)14-6-5-12-3-1-2-4-13(12)9-14/h1-2,5-6,11-13H,3-4,7-10H2,(H,25,30)(H,26,27);1-2,4-5,7-8,10-12,17H,3,6,9,13H2,(H,25,28)(H,26,27);1-12H,13H2,(H,25,28)(H,26,27);3-9,11,17,26H,10H2,1-2H3,(H,23,27)(H,24,25);1-6,9-11,15H,7-8H2,(H,23,26)(H,24,25)/t;17-;;17-;/m.1.1./s1. The van der Waals surface area contributed by atoms with E-state index in [9.17, 15) is 55.8 Å². The largest absolute Gasteiger partial charge is 0.467 e. The van der Waals surface area contributed by atoms with Crippen LogP contribution in [0, 0.1) is 35.0 Å². The summed E-state index contributed by atoms with van der Waals surface area (Å²) in [5, 5.41) is 71.8. The Hall–Kier alpha value is -16.4. The monoisotopic (exact) mass is 1950 g/mol. The van der Waals surface area contributed by atoms with Crippen LogP contribution in [-0.4, -0.2) is 154 Å². The molecule has 0 spiro atoms. The zero-order valence-corrected chi connectivity index (χ0v) is 78.8. The summed E-state index contributed by atoms with van der Waals surface area (Å²) in [5.74, 6) is -4.46. The number of nitrogens with one attached hydrogen (secondary N) is 10. The van der Waals surface area contributed by atoms with E-state index in [2.05, 4.69) is 95.8 Å². The van der Waals surface area contributed by atoms with Gasteiger partial charge in [0.25, 0.3) is 29.5 Å². The van der Waals surface area contributed by atoms with Gasteiger partial charge in [-0.3, -0.25) is 54.3 Å². The molecule has 0 unspecified atom stereocenters. The number of ether oxygens (including phenoxy) is 1. The van der Waals surface area contributed by atoms with Crippen molar-refractivity contribution in [2.75, 3.05) is 39.4 Å². The number of aliphatic hydroxyl groups is 1. The van der Waals surface area contributed by atoms with Gasteiger partial charge in [0.2, 0.25) is 5.91 Å². The second kappa shape index (κ2) is 41.6. The predicted molar refractivity (Wildman–Crippen MR) is 548 cm³/mol. The molecule has 6 amide bonds. The van der Waals surface area contributed by atoms with Gasteiger partial charge < -0.3 is 45.7 Å². The maximum absolute atomic E-state index is 14.6. The number of rotatable bonds is 22. The molecule has 8 aromatic heterocycles. The molecule has 11 N–H and O–H groups in total. The van der Waals surface area contributed by atoms with Gasteiger partial charge in [0.1, 0.15) is 46.2 Å². The Morgan fingerprint density at radius 1 is 0.434 bits per heavy atom. The number of aliphatic hydroxyl groups excluding tert-OH is 1. The van der Waals surface area contributed by atoms with Gasteiger partial charge in [0.15, 0.2) is 0 Å². The van der Waals surface area contributed by atoms with Crippen molar-refractivity contribution in [3.05, 3.63) is 330 Å². The van der Waals surface area contributed by atoms with Crippen molar-refractivity contribution in [1.82, 2.24) is 82.5 Å². The molecule has 1 saturated carbocycles. The Morgan fingerprint density at radius 3 is 1.22 bits per heavy atom. The summed E-state index contributed by atoms with van der Waals surface area (Å²) in [4.78, 5) is 78.0. The lowest BCUT2D eigenvalue weighted by atomic mass is 10.0. The van der Waals surface area contributed by atoms with Gasteiger partial charge in [-0.25, -0.2) is 22.0 Å². The maximum Gasteiger partial charge on any atom is 0.254 e. The Morgan fingerprint density at radius 2 is 0.832 bits per heavy atom. The fourth-order valence-corrected chi connectivity index (χ4v) is 19.9. The lowest BCUT2D eigenvalue weighted by Crippen LogP contribution is -2.41. The number of hydrogen-bond acceptors (Lipinski definition) is 16. The lowest BCUT2D eigenvalue weighted by molar-refractivity contribution is -0.127. The fourth-order valence-electron chi connectivity index (χ4n) is 17.8. The fraction of sp³-hybridized carbons (Fsp3) is 0.180. The van der Waals surface area contributed by atoms with Gasteiger partial charge in [0, 0.05) is 129 Å². The first-order valence-electron chi connectivity index (χ1n) is 47.0. The molecule has 25 nitrogen and oxygen atoms in total. The predicted octanol–water partition coefficient (Wildman–Crippen LogP) is 22.5. The first-order valence-corrected chi connectivity index (χ1v) is 48.6. The molecule has 10 heterocycles. The zero-order valence-electron chi connectivity index (χ0n) is 77.2. The smallest absolute Gasteiger partial charge is 0.254 e.